The molecule has 15 nitrogen and oxygen atoms in total. The van der Waals surface area contributed by atoms with E-state index in [1.165, 1.54) is 111 Å². The Morgan fingerprint density at radius 3 is 1.37 bits per heavy atom. The van der Waals surface area contributed by atoms with Gasteiger partial charge in [0.15, 0.2) is 17.3 Å². The number of hydrogen-bond donors (Lipinski definition) is 3. The van der Waals surface area contributed by atoms with E-state index in [0.717, 1.165) is 111 Å². The van der Waals surface area contributed by atoms with E-state index in [-0.39, 0.29) is 161 Å². The molecule has 12 aromatic carbocycles. The van der Waals surface area contributed by atoms with Gasteiger partial charge in [-0.3, -0.25) is 39.2 Å². The third-order valence-electron chi connectivity index (χ3n) is 18.5. The third-order valence-corrected chi connectivity index (χ3v) is 18.5. The zero-order chi connectivity index (χ0) is 90.0. The quantitative estimate of drug-likeness (QED) is 0.0693. The van der Waals surface area contributed by atoms with E-state index < -0.39 is 0 Å². The number of allylic oxidation sites excluding steroid dienone is 6. The van der Waals surface area contributed by atoms with Crippen LogP contribution in [0.2, 0.25) is 0 Å². The van der Waals surface area contributed by atoms with Crippen molar-refractivity contribution in [2.24, 2.45) is 0 Å². The topological polar surface area (TPSA) is 231 Å². The minimum atomic E-state index is -0.310. The molecule has 0 unspecified atom stereocenters. The largest absolute Gasteiger partial charge is 0.512 e. The van der Waals surface area contributed by atoms with Crippen molar-refractivity contribution in [3.63, 3.8) is 0 Å². The molecule has 133 heavy (non-hydrogen) atoms. The summed E-state index contributed by atoms with van der Waals surface area (Å²) in [6.07, 6.45) is 7.07. The van der Waals surface area contributed by atoms with Crippen molar-refractivity contribution in [2.75, 3.05) is 0 Å². The van der Waals surface area contributed by atoms with Crippen molar-refractivity contribution in [1.29, 1.82) is 5.26 Å². The number of nitriles is 1. The fourth-order valence-corrected chi connectivity index (χ4v) is 12.9. The van der Waals surface area contributed by atoms with E-state index in [1.807, 2.05) is 194 Å². The summed E-state index contributed by atoms with van der Waals surface area (Å²) in [5.74, 6) is -0.497. The number of furan rings is 1. The number of halogens is 1. The number of hydrogen-bond acceptors (Lipinski definition) is 14. The van der Waals surface area contributed by atoms with Crippen LogP contribution in [0.4, 0.5) is 10.1 Å². The second-order valence-corrected chi connectivity index (χ2v) is 28.7. The summed E-state index contributed by atoms with van der Waals surface area (Å²) in [7, 11) is 0. The van der Waals surface area contributed by atoms with Gasteiger partial charge >= 0.3 is 0 Å². The van der Waals surface area contributed by atoms with Crippen LogP contribution in [0, 0.1) is 74.0 Å². The van der Waals surface area contributed by atoms with Gasteiger partial charge in [-0.25, -0.2) is 4.39 Å². The second-order valence-electron chi connectivity index (χ2n) is 28.7. The molecule has 678 valence electrons. The summed E-state index contributed by atoms with van der Waals surface area (Å²) in [6, 6.07) is 125. The van der Waals surface area contributed by atoms with Gasteiger partial charge in [0.05, 0.1) is 63.1 Å². The molecule has 0 bridgehead atoms. The first-order chi connectivity index (χ1) is 61.5. The Balaban J connectivity index is 0.000000269. The number of rotatable bonds is 9. The van der Waals surface area contributed by atoms with E-state index in [1.54, 1.807) is 48.8 Å². The summed E-state index contributed by atoms with van der Waals surface area (Å²) in [5.41, 5.74) is 20.0. The molecule has 0 aliphatic rings. The smallest absolute Gasteiger partial charge is 0.155 e. The zero-order valence-electron chi connectivity index (χ0n) is 72.9. The summed E-state index contributed by atoms with van der Waals surface area (Å²) >= 11 is 0. The molecule has 0 aliphatic heterocycles. The standard InChI is InChI=1S/C20H14N.C17H10NO.C16H8FN2.C16H9N2.C16H12N.C11H8N.3C5H8O2.6Ir/c1-14-12-17-8-4-5-9-19(17)21-20(14)18-11-10-15-6-2-3-7-16(15)13-18;1-2-10-16-12(6-1)13-7-5-8-14(17(13)19-16)15-9-3-4-11-18-15;17-14-3-1-2-12(9-14)16-7-5-13-8-11(10-18)4-6-15(13)19-16;1-17-14-7-4-6-13(11-14)16-10-9-12-5-2-3-8-15(12)18-16;1-12-5-4-7-14(11-12)16-10-9-13-6-2-3-8-15(13)17-16;1-2-6-10(7-3-1)11-8-4-5-9-12-11;3*1-4(6)3-5(2)7;;;;;;/h2-10,12-13H,1H3;1-7,9-11H;1,3-9H;2-5,7-11H;2-6,8-11H,1H3;1-6,8-9H;3*3,6H,1-2H3;;;;;;/q6*-1;;;;;;;;;. The predicted octanol–water partition coefficient (Wildman–Crippen LogP) is 27.2. The minimum Gasteiger partial charge on any atom is -0.512 e. The van der Waals surface area contributed by atoms with Gasteiger partial charge in [-0.05, 0) is 159 Å². The summed E-state index contributed by atoms with van der Waals surface area (Å²) in [4.78, 5) is 60.6. The first-order valence-corrected chi connectivity index (χ1v) is 40.2. The van der Waals surface area contributed by atoms with Gasteiger partial charge in [-0.1, -0.05) is 193 Å². The number of carbonyl (C=O) groups excluding carboxylic acids is 3. The number of carbonyl (C=O) groups is 3. The number of nitrogens with zero attached hydrogens (tertiary/aromatic N) is 8. The van der Waals surface area contributed by atoms with Gasteiger partial charge < -0.3 is 29.7 Å². The second kappa shape index (κ2) is 56.7. The molecule has 7 aromatic heterocycles. The van der Waals surface area contributed by atoms with Crippen LogP contribution in [0.3, 0.4) is 0 Å². The van der Waals surface area contributed by atoms with Crippen molar-refractivity contribution in [3.05, 3.63) is 440 Å². The Morgan fingerprint density at radius 2 is 0.850 bits per heavy atom. The van der Waals surface area contributed by atoms with Crippen LogP contribution in [0.15, 0.2) is 374 Å². The number of benzene rings is 12. The van der Waals surface area contributed by atoms with Crippen LogP contribution in [-0.4, -0.2) is 62.6 Å². The van der Waals surface area contributed by atoms with Crippen molar-refractivity contribution in [2.45, 2.75) is 55.4 Å². The van der Waals surface area contributed by atoms with Crippen LogP contribution < -0.4 is 0 Å². The maximum atomic E-state index is 13.2. The van der Waals surface area contributed by atoms with Crippen molar-refractivity contribution in [3.8, 4) is 73.6 Å². The van der Waals surface area contributed by atoms with Crippen LogP contribution in [0.5, 0.6) is 0 Å². The van der Waals surface area contributed by atoms with Crippen molar-refractivity contribution in [1.82, 2.24) is 29.9 Å². The number of pyridine rings is 6. The first kappa shape index (κ1) is 111. The Bertz CT molecular complexity index is 7140. The van der Waals surface area contributed by atoms with Crippen LogP contribution in [0.1, 0.15) is 58.2 Å². The predicted molar refractivity (Wildman–Crippen MR) is 507 cm³/mol. The molecule has 7 heterocycles. The van der Waals surface area contributed by atoms with Gasteiger partial charge in [0, 0.05) is 162 Å². The molecule has 0 saturated heterocycles. The molecule has 22 heteroatoms. The molecule has 19 aromatic rings. The Morgan fingerprint density at radius 1 is 0.391 bits per heavy atom. The van der Waals surface area contributed by atoms with Crippen molar-refractivity contribution < 1.29 is 159 Å². The Kier molecular flexibility index (Phi) is 47.2. The van der Waals surface area contributed by atoms with Gasteiger partial charge in [0.25, 0.3) is 0 Å². The van der Waals surface area contributed by atoms with Gasteiger partial charge in [-0.2, -0.15) is 11.3 Å². The van der Waals surface area contributed by atoms with E-state index in [4.69, 9.17) is 36.6 Å². The van der Waals surface area contributed by atoms with Crippen LogP contribution >= 0.6 is 0 Å². The molecule has 0 aliphatic carbocycles. The average Bonchev–Trinajstić information content (AvgIpc) is 1.64. The average molecular weight is 2820 g/mol. The SMILES string of the molecule is CC(=O)C=C(C)O.CC(=O)C=C(C)O.CC(=O)C=C(C)O.Cc1cc2ccccc2nc1-c1[c-]cc2ccccc2c1.Cc1cc[c-]c(-c2ccc3ccccc3n2)c1.N#Cc1ccc2nc(-c3[c-]ccc(F)c3)ccc2c1.[C-]#[N+]c1cc[c-]c(-c2ccc3ccccc3n2)c1.[Ir].[Ir].[Ir].[Ir].[Ir].[Ir].[c-]1ccc2c(oc3ccccc32)c1-c1ccccn1.[c-]1ccccc1-c1ccccn1. The summed E-state index contributed by atoms with van der Waals surface area (Å²) < 4.78 is 19.1. The van der Waals surface area contributed by atoms with Gasteiger partial charge in [-0.15, -0.1) is 172 Å². The van der Waals surface area contributed by atoms with Gasteiger partial charge in [0.2, 0.25) is 0 Å². The first-order valence-electron chi connectivity index (χ1n) is 40.2. The van der Waals surface area contributed by atoms with Crippen LogP contribution in [-0.2, 0) is 135 Å². The molecule has 0 fully saturated rings. The number of aryl methyl sites for hydroxylation is 2. The monoisotopic (exact) mass is 2820 g/mol. The normalized spacial score (nSPS) is 10.2. The molecule has 0 amide bonds. The number of ketones is 3. The number of fused-ring (bicyclic) bond motifs is 8. The van der Waals surface area contributed by atoms with E-state index in [9.17, 15) is 18.8 Å². The maximum Gasteiger partial charge on any atom is 0.155 e. The third kappa shape index (κ3) is 34.0. The zero-order valence-corrected chi connectivity index (χ0v) is 87.3. The molecule has 0 atom stereocenters. The summed E-state index contributed by atoms with van der Waals surface area (Å²) in [6.45, 7) is 19.8. The Hall–Kier alpha value is -12.9. The maximum absolute atomic E-state index is 13.2. The molecular formula is C111H85FIr6N8O7-6. The molecule has 6 radical (unpaired) electrons. The van der Waals surface area contributed by atoms with Crippen LogP contribution in [0.25, 0.3) is 149 Å². The molecule has 0 saturated carbocycles. The molecular weight excluding hydrogens is 2730 g/mol. The molecule has 3 N–H and O–H groups in total. The van der Waals surface area contributed by atoms with Crippen molar-refractivity contribution >= 4 is 99.4 Å². The number of aromatic nitrogens is 6. The number of aliphatic hydroxyl groups excluding tert-OH is 3. The fourth-order valence-electron chi connectivity index (χ4n) is 12.9. The van der Waals surface area contributed by atoms with E-state index >= 15 is 0 Å². The Labute approximate surface area is 854 Å². The van der Waals surface area contributed by atoms with E-state index in [0.29, 0.717) is 22.5 Å². The minimum absolute atomic E-state index is 0. The van der Waals surface area contributed by atoms with Gasteiger partial charge in [0.1, 0.15) is 11.3 Å². The molecule has 0 spiro atoms. The number of para-hydroxylation sites is 4. The number of aliphatic hydroxyl groups is 3. The fraction of sp³-hybridized carbons (Fsp3) is 0.0721. The van der Waals surface area contributed by atoms with E-state index in [2.05, 4.69) is 159 Å². The molecule has 19 rings (SSSR count). The summed E-state index contributed by atoms with van der Waals surface area (Å²) in [5, 5.41) is 43.0.